The van der Waals surface area contributed by atoms with Crippen LogP contribution in [0.15, 0.2) is 42.5 Å². The lowest BCUT2D eigenvalue weighted by molar-refractivity contribution is -0.118. The van der Waals surface area contributed by atoms with Crippen molar-refractivity contribution in [1.82, 2.24) is 0 Å². The summed E-state index contributed by atoms with van der Waals surface area (Å²) in [7, 11) is 0. The Morgan fingerprint density at radius 3 is 2.84 bits per heavy atom. The van der Waals surface area contributed by atoms with Crippen LogP contribution in [-0.2, 0) is 9.59 Å². The number of halogens is 1. The molecule has 0 saturated heterocycles. The van der Waals surface area contributed by atoms with Crippen molar-refractivity contribution in [3.8, 4) is 0 Å². The molecule has 2 amide bonds. The van der Waals surface area contributed by atoms with Crippen LogP contribution in [0.5, 0.6) is 0 Å². The zero-order valence-corrected chi connectivity index (χ0v) is 14.2. The summed E-state index contributed by atoms with van der Waals surface area (Å²) in [5.74, 6) is -0.577. The predicted molar refractivity (Wildman–Crippen MR) is 96.3 cm³/mol. The number of hydrogen-bond acceptors (Lipinski definition) is 3. The van der Waals surface area contributed by atoms with Crippen LogP contribution >= 0.6 is 0 Å². The number of benzene rings is 2. The van der Waals surface area contributed by atoms with Crippen LogP contribution in [0.25, 0.3) is 0 Å². The lowest BCUT2D eigenvalue weighted by Crippen LogP contribution is -2.42. The number of amides is 2. The van der Waals surface area contributed by atoms with Gasteiger partial charge >= 0.3 is 0 Å². The predicted octanol–water partition coefficient (Wildman–Crippen LogP) is 3.31. The van der Waals surface area contributed by atoms with Crippen LogP contribution < -0.4 is 15.5 Å². The number of hydrogen-bond donors (Lipinski definition) is 2. The number of carbonyl (C=O) groups excluding carboxylic acids is 2. The lowest BCUT2D eigenvalue weighted by atomic mass is 10.1. The smallest absolute Gasteiger partial charge is 0.246 e. The van der Waals surface area contributed by atoms with E-state index >= 15 is 0 Å². The Hall–Kier alpha value is -2.89. The topological polar surface area (TPSA) is 61.4 Å². The van der Waals surface area contributed by atoms with Gasteiger partial charge in [-0.2, -0.15) is 0 Å². The van der Waals surface area contributed by atoms with Gasteiger partial charge in [-0.1, -0.05) is 12.1 Å². The molecular formula is C19H20FN3O2. The Kier molecular flexibility index (Phi) is 4.70. The first kappa shape index (κ1) is 17.0. The van der Waals surface area contributed by atoms with Crippen LogP contribution in [-0.4, -0.2) is 24.4 Å². The first-order valence-electron chi connectivity index (χ1n) is 8.16. The molecule has 1 heterocycles. The number of carbonyl (C=O) groups is 2. The summed E-state index contributed by atoms with van der Waals surface area (Å²) in [4.78, 5) is 26.5. The summed E-state index contributed by atoms with van der Waals surface area (Å²) in [6, 6.07) is 11.4. The third-order valence-corrected chi connectivity index (χ3v) is 4.25. The fraction of sp³-hybridized carbons (Fsp3) is 0.263. The van der Waals surface area contributed by atoms with E-state index in [0.717, 1.165) is 5.56 Å². The van der Waals surface area contributed by atoms with Crippen molar-refractivity contribution < 1.29 is 14.0 Å². The van der Waals surface area contributed by atoms with E-state index in [0.29, 0.717) is 17.1 Å². The van der Waals surface area contributed by atoms with Gasteiger partial charge in [-0.05, 0) is 49.7 Å². The highest BCUT2D eigenvalue weighted by Gasteiger charge is 2.29. The van der Waals surface area contributed by atoms with Gasteiger partial charge < -0.3 is 15.5 Å². The van der Waals surface area contributed by atoms with Gasteiger partial charge in [-0.25, -0.2) is 4.39 Å². The SMILES string of the molecule is Cc1cc(F)ccc1NCC(=O)N1c2ccccc2NC(=O)C[C@H]1C. The van der Waals surface area contributed by atoms with Crippen molar-refractivity contribution >= 4 is 28.9 Å². The van der Waals surface area contributed by atoms with E-state index in [9.17, 15) is 14.0 Å². The summed E-state index contributed by atoms with van der Waals surface area (Å²) in [6.45, 7) is 3.68. The second-order valence-corrected chi connectivity index (χ2v) is 6.20. The maximum Gasteiger partial charge on any atom is 0.246 e. The molecule has 0 aromatic heterocycles. The van der Waals surface area contributed by atoms with E-state index in [1.54, 1.807) is 24.0 Å². The number of aryl methyl sites for hydroxylation is 1. The molecule has 25 heavy (non-hydrogen) atoms. The van der Waals surface area contributed by atoms with Crippen molar-refractivity contribution in [3.05, 3.63) is 53.8 Å². The number of para-hydroxylation sites is 2. The third-order valence-electron chi connectivity index (χ3n) is 4.25. The summed E-state index contributed by atoms with van der Waals surface area (Å²) < 4.78 is 13.2. The Morgan fingerprint density at radius 1 is 1.32 bits per heavy atom. The quantitative estimate of drug-likeness (QED) is 0.900. The number of rotatable bonds is 3. The molecule has 5 nitrogen and oxygen atoms in total. The van der Waals surface area contributed by atoms with Gasteiger partial charge in [0.05, 0.1) is 17.9 Å². The average Bonchev–Trinajstić information content (AvgIpc) is 2.68. The van der Waals surface area contributed by atoms with Gasteiger partial charge in [-0.15, -0.1) is 0 Å². The van der Waals surface area contributed by atoms with Gasteiger partial charge in [0.25, 0.3) is 0 Å². The summed E-state index contributed by atoms with van der Waals surface area (Å²) in [5.41, 5.74) is 2.75. The molecule has 3 rings (SSSR count). The van der Waals surface area contributed by atoms with Gasteiger partial charge in [-0.3, -0.25) is 9.59 Å². The molecule has 0 fully saturated rings. The van der Waals surface area contributed by atoms with E-state index in [1.807, 2.05) is 25.1 Å². The molecule has 2 N–H and O–H groups in total. The lowest BCUT2D eigenvalue weighted by Gasteiger charge is -2.28. The Bertz CT molecular complexity index is 822. The number of anilines is 3. The first-order valence-corrected chi connectivity index (χ1v) is 8.16. The maximum atomic E-state index is 13.2. The summed E-state index contributed by atoms with van der Waals surface area (Å²) >= 11 is 0. The largest absolute Gasteiger partial charge is 0.376 e. The number of nitrogens with zero attached hydrogens (tertiary/aromatic N) is 1. The zero-order valence-electron chi connectivity index (χ0n) is 14.2. The van der Waals surface area contributed by atoms with Crippen LogP contribution in [0, 0.1) is 12.7 Å². The van der Waals surface area contributed by atoms with E-state index in [2.05, 4.69) is 10.6 Å². The molecule has 1 aliphatic rings. The molecule has 2 aromatic carbocycles. The van der Waals surface area contributed by atoms with Gasteiger partial charge in [0.1, 0.15) is 5.82 Å². The molecule has 1 aliphatic heterocycles. The molecule has 1 atom stereocenters. The molecule has 6 heteroatoms. The minimum Gasteiger partial charge on any atom is -0.376 e. The highest BCUT2D eigenvalue weighted by atomic mass is 19.1. The minimum absolute atomic E-state index is 0.0549. The number of nitrogens with one attached hydrogen (secondary N) is 2. The average molecular weight is 341 g/mol. The van der Waals surface area contributed by atoms with Gasteiger partial charge in [0.2, 0.25) is 11.8 Å². The van der Waals surface area contributed by atoms with E-state index in [-0.39, 0.29) is 36.6 Å². The van der Waals surface area contributed by atoms with Gasteiger partial charge in [0, 0.05) is 18.2 Å². The van der Waals surface area contributed by atoms with E-state index in [4.69, 9.17) is 0 Å². The van der Waals surface area contributed by atoms with Crippen molar-refractivity contribution in [3.63, 3.8) is 0 Å². The van der Waals surface area contributed by atoms with Gasteiger partial charge in [0.15, 0.2) is 0 Å². The highest BCUT2D eigenvalue weighted by Crippen LogP contribution is 2.31. The maximum absolute atomic E-state index is 13.2. The molecule has 0 bridgehead atoms. The van der Waals surface area contributed by atoms with Crippen LogP contribution in [0.2, 0.25) is 0 Å². The molecular weight excluding hydrogens is 321 g/mol. The third kappa shape index (κ3) is 3.63. The molecule has 0 unspecified atom stereocenters. The Labute approximate surface area is 145 Å². The molecule has 0 saturated carbocycles. The minimum atomic E-state index is -0.311. The molecule has 0 spiro atoms. The second-order valence-electron chi connectivity index (χ2n) is 6.20. The van der Waals surface area contributed by atoms with Crippen molar-refractivity contribution in [2.75, 3.05) is 22.1 Å². The van der Waals surface area contributed by atoms with Crippen molar-refractivity contribution in [2.24, 2.45) is 0 Å². The van der Waals surface area contributed by atoms with E-state index < -0.39 is 0 Å². The van der Waals surface area contributed by atoms with Crippen LogP contribution in [0.4, 0.5) is 21.5 Å². The van der Waals surface area contributed by atoms with Crippen LogP contribution in [0.3, 0.4) is 0 Å². The zero-order chi connectivity index (χ0) is 18.0. The Balaban J connectivity index is 1.81. The van der Waals surface area contributed by atoms with Crippen molar-refractivity contribution in [1.29, 1.82) is 0 Å². The monoisotopic (exact) mass is 341 g/mol. The fourth-order valence-corrected chi connectivity index (χ4v) is 3.05. The van der Waals surface area contributed by atoms with Crippen molar-refractivity contribution in [2.45, 2.75) is 26.3 Å². The standard InChI is InChI=1S/C19H20FN3O2/c1-12-9-14(20)7-8-15(12)21-11-19(25)23-13(2)10-18(24)22-16-5-3-4-6-17(16)23/h3-9,13,21H,10-11H2,1-2H3,(H,22,24)/t13-/m1/s1. The molecule has 2 aromatic rings. The summed E-state index contributed by atoms with van der Waals surface area (Å²) in [5, 5.41) is 5.89. The fourth-order valence-electron chi connectivity index (χ4n) is 3.05. The van der Waals surface area contributed by atoms with E-state index in [1.165, 1.54) is 12.1 Å². The summed E-state index contributed by atoms with van der Waals surface area (Å²) in [6.07, 6.45) is 0.232. The first-order chi connectivity index (χ1) is 12.0. The molecule has 0 aliphatic carbocycles. The molecule has 130 valence electrons. The van der Waals surface area contributed by atoms with Crippen LogP contribution in [0.1, 0.15) is 18.9 Å². The number of fused-ring (bicyclic) bond motifs is 1. The normalized spacial score (nSPS) is 16.7. The highest BCUT2D eigenvalue weighted by molar-refractivity contribution is 6.05. The Morgan fingerprint density at radius 2 is 2.08 bits per heavy atom. The molecule has 0 radical (unpaired) electrons. The second kappa shape index (κ2) is 6.93.